The van der Waals surface area contributed by atoms with Gasteiger partial charge in [0.1, 0.15) is 19.3 Å². The smallest absolute Gasteiger partial charge is 0.462 e. The molecule has 5 atom stereocenters. The monoisotopic (exact) mass is 1270 g/mol. The number of carbonyl (C=O) groups excluding carboxylic acids is 4. The summed E-state index contributed by atoms with van der Waals surface area (Å²) in [5, 5.41) is 10.5. The van der Waals surface area contributed by atoms with Gasteiger partial charge in [-0.2, -0.15) is 0 Å². The van der Waals surface area contributed by atoms with Gasteiger partial charge in [0.2, 0.25) is 0 Å². The first-order valence-corrected chi connectivity index (χ1v) is 38.0. The summed E-state index contributed by atoms with van der Waals surface area (Å²) in [7, 11) is -9.89. The molecular weight excluding hydrogens is 1140 g/mol. The maximum atomic E-state index is 13.0. The molecule has 0 aliphatic rings. The molecule has 0 aliphatic heterocycles. The molecule has 0 bridgehead atoms. The summed E-state index contributed by atoms with van der Waals surface area (Å²) < 4.78 is 68.0. The molecule has 0 saturated heterocycles. The molecule has 0 heterocycles. The third-order valence-electron chi connectivity index (χ3n) is 15.5. The quantitative estimate of drug-likeness (QED) is 0.0222. The number of hydrogen-bond acceptors (Lipinski definition) is 15. The van der Waals surface area contributed by atoms with Crippen LogP contribution in [0.5, 0.6) is 0 Å². The number of ether oxygens (including phenoxy) is 4. The van der Waals surface area contributed by atoms with Crippen LogP contribution in [0.2, 0.25) is 0 Å². The van der Waals surface area contributed by atoms with Gasteiger partial charge < -0.3 is 33.8 Å². The number of phosphoric ester groups is 2. The SMILES string of the molecule is CCCCCCCCCCCCC(=O)OC[C@H](COP(=O)(O)OC[C@@H](O)COP(=O)(O)OC[C@@H](COC(=O)CCCCCCCCCCC)OC(=O)CCCCCCCCC(C)C)OC(=O)CCCCCCCCCCCCCCCCCC(C)C. The molecule has 2 unspecified atom stereocenters. The predicted octanol–water partition coefficient (Wildman–Crippen LogP) is 18.8. The Morgan fingerprint density at radius 2 is 0.535 bits per heavy atom. The Morgan fingerprint density at radius 3 is 0.791 bits per heavy atom. The van der Waals surface area contributed by atoms with Crippen LogP contribution in [0.15, 0.2) is 0 Å². The molecule has 0 aliphatic carbocycles. The summed E-state index contributed by atoms with van der Waals surface area (Å²) in [6, 6.07) is 0. The predicted molar refractivity (Wildman–Crippen MR) is 345 cm³/mol. The average Bonchev–Trinajstić information content (AvgIpc) is 3.68. The van der Waals surface area contributed by atoms with Gasteiger partial charge in [-0.15, -0.1) is 0 Å². The zero-order chi connectivity index (χ0) is 63.6. The summed E-state index contributed by atoms with van der Waals surface area (Å²) in [5.74, 6) is -0.662. The maximum absolute atomic E-state index is 13.0. The van der Waals surface area contributed by atoms with Crippen molar-refractivity contribution in [2.24, 2.45) is 11.8 Å². The van der Waals surface area contributed by atoms with E-state index in [1.807, 2.05) is 0 Å². The van der Waals surface area contributed by atoms with Crippen LogP contribution in [0.4, 0.5) is 0 Å². The molecule has 86 heavy (non-hydrogen) atoms. The van der Waals surface area contributed by atoms with Crippen molar-refractivity contribution in [3.63, 3.8) is 0 Å². The van der Waals surface area contributed by atoms with Gasteiger partial charge >= 0.3 is 39.5 Å². The van der Waals surface area contributed by atoms with Gasteiger partial charge in [0.15, 0.2) is 12.2 Å². The molecular formula is C67H130O17P2. The zero-order valence-electron chi connectivity index (χ0n) is 55.6. The number of esters is 4. The van der Waals surface area contributed by atoms with Crippen molar-refractivity contribution in [2.45, 2.75) is 355 Å². The summed E-state index contributed by atoms with van der Waals surface area (Å²) in [4.78, 5) is 72.2. The lowest BCUT2D eigenvalue weighted by atomic mass is 10.0. The highest BCUT2D eigenvalue weighted by molar-refractivity contribution is 7.47. The van der Waals surface area contributed by atoms with Crippen LogP contribution in [0, 0.1) is 11.8 Å². The first-order chi connectivity index (χ1) is 41.4. The van der Waals surface area contributed by atoms with E-state index >= 15 is 0 Å². The minimum absolute atomic E-state index is 0.102. The topological polar surface area (TPSA) is 237 Å². The van der Waals surface area contributed by atoms with Crippen LogP contribution < -0.4 is 0 Å². The number of unbranched alkanes of at least 4 members (excludes halogenated alkanes) is 36. The fourth-order valence-corrected chi connectivity index (χ4v) is 11.6. The minimum atomic E-state index is -4.95. The Morgan fingerprint density at radius 1 is 0.314 bits per heavy atom. The van der Waals surface area contributed by atoms with Crippen LogP contribution >= 0.6 is 15.6 Å². The lowest BCUT2D eigenvalue weighted by molar-refractivity contribution is -0.161. The molecule has 0 saturated carbocycles. The van der Waals surface area contributed by atoms with Crippen LogP contribution in [0.1, 0.15) is 337 Å². The van der Waals surface area contributed by atoms with Crippen molar-refractivity contribution >= 4 is 39.5 Å². The van der Waals surface area contributed by atoms with Gasteiger partial charge in [-0.05, 0) is 37.5 Å². The lowest BCUT2D eigenvalue weighted by Crippen LogP contribution is -2.30. The molecule has 0 amide bonds. The fraction of sp³-hybridized carbons (Fsp3) is 0.940. The first kappa shape index (κ1) is 84.1. The molecule has 17 nitrogen and oxygen atoms in total. The highest BCUT2D eigenvalue weighted by Crippen LogP contribution is 2.45. The van der Waals surface area contributed by atoms with Crippen LogP contribution in [-0.4, -0.2) is 96.7 Å². The molecule has 0 aromatic carbocycles. The van der Waals surface area contributed by atoms with E-state index in [4.69, 9.17) is 37.0 Å². The number of carbonyl (C=O) groups is 4. The molecule has 19 heteroatoms. The Hall–Kier alpha value is -1.94. The lowest BCUT2D eigenvalue weighted by Gasteiger charge is -2.21. The zero-order valence-corrected chi connectivity index (χ0v) is 57.4. The second kappa shape index (κ2) is 59.4. The van der Waals surface area contributed by atoms with E-state index in [2.05, 4.69) is 41.5 Å². The van der Waals surface area contributed by atoms with E-state index in [1.165, 1.54) is 154 Å². The van der Waals surface area contributed by atoms with Crippen LogP contribution in [0.25, 0.3) is 0 Å². The van der Waals surface area contributed by atoms with Crippen LogP contribution in [-0.2, 0) is 65.4 Å². The van der Waals surface area contributed by atoms with Gasteiger partial charge in [0.25, 0.3) is 0 Å². The summed E-state index contributed by atoms with van der Waals surface area (Å²) in [6.45, 7) is 9.43. The molecule has 3 N–H and O–H groups in total. The second-order valence-corrected chi connectivity index (χ2v) is 28.1. The molecule has 0 spiro atoms. The van der Waals surface area contributed by atoms with Gasteiger partial charge in [0, 0.05) is 25.7 Å². The van der Waals surface area contributed by atoms with Crippen molar-refractivity contribution in [3.8, 4) is 0 Å². The Labute approximate surface area is 524 Å². The van der Waals surface area contributed by atoms with Gasteiger partial charge in [-0.25, -0.2) is 9.13 Å². The average molecular weight is 1270 g/mol. The van der Waals surface area contributed by atoms with E-state index in [0.29, 0.717) is 31.6 Å². The van der Waals surface area contributed by atoms with Crippen molar-refractivity contribution in [1.29, 1.82) is 0 Å². The summed E-state index contributed by atoms with van der Waals surface area (Å²) >= 11 is 0. The van der Waals surface area contributed by atoms with Gasteiger partial charge in [0.05, 0.1) is 26.4 Å². The normalized spacial score (nSPS) is 14.2. The molecule has 0 aromatic rings. The molecule has 0 aromatic heterocycles. The first-order valence-electron chi connectivity index (χ1n) is 35.0. The van der Waals surface area contributed by atoms with Gasteiger partial charge in [-0.1, -0.05) is 286 Å². The Balaban J connectivity index is 5.18. The Kier molecular flexibility index (Phi) is 58.0. The number of hydrogen-bond donors (Lipinski definition) is 3. The van der Waals surface area contributed by atoms with E-state index in [9.17, 15) is 43.2 Å². The highest BCUT2D eigenvalue weighted by atomic mass is 31.2. The van der Waals surface area contributed by atoms with Crippen LogP contribution in [0.3, 0.4) is 0 Å². The van der Waals surface area contributed by atoms with E-state index in [-0.39, 0.29) is 25.7 Å². The van der Waals surface area contributed by atoms with Gasteiger partial charge in [-0.3, -0.25) is 37.3 Å². The molecule has 0 fully saturated rings. The molecule has 510 valence electrons. The highest BCUT2D eigenvalue weighted by Gasteiger charge is 2.30. The Bertz CT molecular complexity index is 1680. The molecule has 0 rings (SSSR count). The number of aliphatic hydroxyl groups is 1. The largest absolute Gasteiger partial charge is 0.472 e. The van der Waals surface area contributed by atoms with E-state index in [0.717, 1.165) is 95.8 Å². The third-order valence-corrected chi connectivity index (χ3v) is 17.4. The summed E-state index contributed by atoms with van der Waals surface area (Å²) in [6.07, 6.45) is 43.2. The van der Waals surface area contributed by atoms with Crippen molar-refractivity contribution in [2.75, 3.05) is 39.6 Å². The standard InChI is InChI=1S/C67H130O17P2/c1-7-9-11-13-15-17-27-31-38-44-50-65(70)78-55-62(83-66(71)51-45-39-32-28-24-22-20-18-19-21-23-26-29-35-41-47-59(3)4)57-81-85(73,74)79-53-61(68)54-80-86(75,76)82-58-63(84-67(72)52-46-40-34-33-36-42-48-60(5)6)56-77-64(69)49-43-37-30-25-16-14-12-10-8-2/h59-63,68H,7-58H2,1-6H3,(H,73,74)(H,75,76)/t61-,62-,63-/m1/s1. The molecule has 0 radical (unpaired) electrons. The van der Waals surface area contributed by atoms with Crippen molar-refractivity contribution in [1.82, 2.24) is 0 Å². The third kappa shape index (κ3) is 60.9. The van der Waals surface area contributed by atoms with E-state index in [1.54, 1.807) is 0 Å². The second-order valence-electron chi connectivity index (χ2n) is 25.2. The minimum Gasteiger partial charge on any atom is -0.462 e. The number of aliphatic hydroxyl groups excluding tert-OH is 1. The van der Waals surface area contributed by atoms with Crippen molar-refractivity contribution in [3.05, 3.63) is 0 Å². The summed E-state index contributed by atoms with van der Waals surface area (Å²) in [5.41, 5.74) is 0. The fourth-order valence-electron chi connectivity index (χ4n) is 10.1. The van der Waals surface area contributed by atoms with Crippen molar-refractivity contribution < 1.29 is 80.2 Å². The maximum Gasteiger partial charge on any atom is 0.472 e. The van der Waals surface area contributed by atoms with E-state index < -0.39 is 97.5 Å². The number of rotatable bonds is 66. The number of phosphoric acid groups is 2.